The zero-order valence-electron chi connectivity index (χ0n) is 12.1. The highest BCUT2D eigenvalue weighted by Gasteiger charge is 2.33. The third kappa shape index (κ3) is 2.69. The van der Waals surface area contributed by atoms with Gasteiger partial charge in [-0.2, -0.15) is 32.6 Å². The Hall–Kier alpha value is -2.36. The number of aromatic nitrogens is 5. The second kappa shape index (κ2) is 5.37. The van der Waals surface area contributed by atoms with Crippen LogP contribution in [-0.2, 0) is 6.18 Å². The minimum absolute atomic E-state index is 0.0486. The van der Waals surface area contributed by atoms with Gasteiger partial charge in [-0.15, -0.1) is 5.10 Å². The number of nitrogens with two attached hydrogens (primary N) is 1. The Morgan fingerprint density at radius 3 is 2.57 bits per heavy atom. The molecule has 0 amide bonds. The Labute approximate surface area is 133 Å². The summed E-state index contributed by atoms with van der Waals surface area (Å²) in [6.45, 7) is 1.38. The van der Waals surface area contributed by atoms with E-state index in [1.807, 2.05) is 0 Å². The minimum Gasteiger partial charge on any atom is -0.368 e. The van der Waals surface area contributed by atoms with Crippen molar-refractivity contribution in [1.82, 2.24) is 24.6 Å². The first-order valence-electron chi connectivity index (χ1n) is 6.42. The van der Waals surface area contributed by atoms with Gasteiger partial charge in [-0.3, -0.25) is 0 Å². The lowest BCUT2D eigenvalue weighted by Crippen LogP contribution is -2.08. The highest BCUT2D eigenvalue weighted by atomic mass is 32.2. The molecule has 120 valence electrons. The van der Waals surface area contributed by atoms with Gasteiger partial charge < -0.3 is 5.73 Å². The van der Waals surface area contributed by atoms with E-state index in [9.17, 15) is 13.2 Å². The average molecular weight is 340 g/mol. The maximum absolute atomic E-state index is 13.0. The fraction of sp³-hybridized carbons (Fsp3) is 0.231. The largest absolute Gasteiger partial charge is 0.416 e. The van der Waals surface area contributed by atoms with E-state index in [0.717, 1.165) is 6.07 Å². The van der Waals surface area contributed by atoms with E-state index in [-0.39, 0.29) is 28.7 Å². The predicted octanol–water partition coefficient (Wildman–Crippen LogP) is 2.82. The number of thioether (sulfide) groups is 1. The predicted molar refractivity (Wildman–Crippen MR) is 79.9 cm³/mol. The number of nitrogens with zero attached hydrogens (tertiary/aromatic N) is 5. The molecule has 0 spiro atoms. The quantitative estimate of drug-likeness (QED) is 0.723. The van der Waals surface area contributed by atoms with E-state index < -0.39 is 11.7 Å². The number of halogens is 3. The zero-order chi connectivity index (χ0) is 16.8. The first-order chi connectivity index (χ1) is 10.8. The van der Waals surface area contributed by atoms with E-state index in [0.29, 0.717) is 5.16 Å². The number of hydrogen-bond acceptors (Lipinski definition) is 6. The van der Waals surface area contributed by atoms with Crippen LogP contribution >= 0.6 is 11.8 Å². The van der Waals surface area contributed by atoms with Crippen molar-refractivity contribution in [2.45, 2.75) is 18.3 Å². The van der Waals surface area contributed by atoms with Crippen molar-refractivity contribution in [2.75, 3.05) is 12.0 Å². The SMILES string of the molecule is CSc1nc(N)n2nc(-c3cccc(C(F)(F)F)c3C)nc2n1. The summed E-state index contributed by atoms with van der Waals surface area (Å²) < 4.78 is 40.3. The summed E-state index contributed by atoms with van der Waals surface area (Å²) >= 11 is 1.28. The van der Waals surface area contributed by atoms with Crippen molar-refractivity contribution in [1.29, 1.82) is 0 Å². The summed E-state index contributed by atoms with van der Waals surface area (Å²) in [4.78, 5) is 12.3. The molecule has 0 aliphatic heterocycles. The van der Waals surface area contributed by atoms with Gasteiger partial charge in [0.05, 0.1) is 5.56 Å². The van der Waals surface area contributed by atoms with Crippen LogP contribution in [-0.4, -0.2) is 30.8 Å². The summed E-state index contributed by atoms with van der Waals surface area (Å²) in [7, 11) is 0. The molecule has 2 heterocycles. The lowest BCUT2D eigenvalue weighted by Gasteiger charge is -2.11. The number of rotatable bonds is 2. The molecule has 1 aromatic carbocycles. The highest BCUT2D eigenvalue weighted by molar-refractivity contribution is 7.98. The van der Waals surface area contributed by atoms with Gasteiger partial charge in [0, 0.05) is 5.56 Å². The summed E-state index contributed by atoms with van der Waals surface area (Å²) in [5, 5.41) is 4.53. The summed E-state index contributed by atoms with van der Waals surface area (Å²) in [5.41, 5.74) is 5.38. The normalized spacial score (nSPS) is 12.0. The molecule has 3 rings (SSSR count). The standard InChI is InChI=1S/C13H11F3N6S/c1-6-7(4-3-5-8(6)13(14,15)16)9-18-11-20-12(23-2)19-10(17)22(11)21-9/h3-5H,1-2H3,(H2,17,18,19,20,21). The van der Waals surface area contributed by atoms with Gasteiger partial charge in [0.25, 0.3) is 5.78 Å². The lowest BCUT2D eigenvalue weighted by atomic mass is 10.0. The van der Waals surface area contributed by atoms with Gasteiger partial charge >= 0.3 is 6.18 Å². The molecule has 0 unspecified atom stereocenters. The van der Waals surface area contributed by atoms with Gasteiger partial charge in [-0.25, -0.2) is 0 Å². The molecule has 2 N–H and O–H groups in total. The third-order valence-electron chi connectivity index (χ3n) is 3.28. The third-order valence-corrected chi connectivity index (χ3v) is 3.82. The molecular formula is C13H11F3N6S. The van der Waals surface area contributed by atoms with Crippen molar-refractivity contribution < 1.29 is 13.2 Å². The second-order valence-corrected chi connectivity index (χ2v) is 5.47. The number of alkyl halides is 3. The fourth-order valence-corrected chi connectivity index (χ4v) is 2.53. The van der Waals surface area contributed by atoms with Crippen molar-refractivity contribution in [3.05, 3.63) is 29.3 Å². The van der Waals surface area contributed by atoms with Gasteiger partial charge in [0.2, 0.25) is 5.95 Å². The van der Waals surface area contributed by atoms with Crippen molar-refractivity contribution in [2.24, 2.45) is 0 Å². The van der Waals surface area contributed by atoms with Gasteiger partial charge in [0.1, 0.15) is 0 Å². The Morgan fingerprint density at radius 2 is 1.91 bits per heavy atom. The van der Waals surface area contributed by atoms with Gasteiger partial charge in [-0.05, 0) is 24.8 Å². The number of benzene rings is 1. The summed E-state index contributed by atoms with van der Waals surface area (Å²) in [5.74, 6) is 0.379. The van der Waals surface area contributed by atoms with Gasteiger partial charge in [-0.1, -0.05) is 23.9 Å². The molecule has 3 aromatic rings. The topological polar surface area (TPSA) is 82.0 Å². The van der Waals surface area contributed by atoms with E-state index in [1.165, 1.54) is 35.3 Å². The van der Waals surface area contributed by atoms with Crippen molar-refractivity contribution in [3.8, 4) is 11.4 Å². The number of fused-ring (bicyclic) bond motifs is 1. The zero-order valence-corrected chi connectivity index (χ0v) is 12.9. The molecule has 0 saturated carbocycles. The lowest BCUT2D eigenvalue weighted by molar-refractivity contribution is -0.138. The summed E-state index contributed by atoms with van der Waals surface area (Å²) in [6.07, 6.45) is -2.66. The summed E-state index contributed by atoms with van der Waals surface area (Å²) in [6, 6.07) is 3.87. The van der Waals surface area contributed by atoms with E-state index >= 15 is 0 Å². The fourth-order valence-electron chi connectivity index (χ4n) is 2.18. The van der Waals surface area contributed by atoms with Crippen LogP contribution in [0.5, 0.6) is 0 Å². The average Bonchev–Trinajstić information content (AvgIpc) is 2.90. The number of anilines is 1. The smallest absolute Gasteiger partial charge is 0.368 e. The molecule has 0 fully saturated rings. The van der Waals surface area contributed by atoms with Crippen LogP contribution in [0.15, 0.2) is 23.4 Å². The van der Waals surface area contributed by atoms with Crippen LogP contribution in [0.3, 0.4) is 0 Å². The molecule has 10 heteroatoms. The molecule has 0 bridgehead atoms. The van der Waals surface area contributed by atoms with E-state index in [1.54, 1.807) is 6.26 Å². The van der Waals surface area contributed by atoms with Crippen LogP contribution in [0, 0.1) is 6.92 Å². The number of nitrogen functional groups attached to an aromatic ring is 1. The van der Waals surface area contributed by atoms with Crippen molar-refractivity contribution in [3.63, 3.8) is 0 Å². The molecule has 23 heavy (non-hydrogen) atoms. The van der Waals surface area contributed by atoms with Crippen LogP contribution in [0.25, 0.3) is 17.2 Å². The Bertz CT molecular complexity index is 889. The monoisotopic (exact) mass is 340 g/mol. The first-order valence-corrected chi connectivity index (χ1v) is 7.65. The molecule has 0 aliphatic carbocycles. The highest BCUT2D eigenvalue weighted by Crippen LogP contribution is 2.35. The van der Waals surface area contributed by atoms with Crippen LogP contribution in [0.1, 0.15) is 11.1 Å². The molecule has 0 aliphatic rings. The van der Waals surface area contributed by atoms with Crippen LogP contribution in [0.2, 0.25) is 0 Å². The molecular weight excluding hydrogens is 329 g/mol. The Kier molecular flexibility index (Phi) is 3.63. The Morgan fingerprint density at radius 1 is 1.17 bits per heavy atom. The maximum atomic E-state index is 13.0. The molecule has 0 radical (unpaired) electrons. The second-order valence-electron chi connectivity index (χ2n) is 4.69. The Balaban J connectivity index is 2.20. The maximum Gasteiger partial charge on any atom is 0.416 e. The van der Waals surface area contributed by atoms with Gasteiger partial charge in [0.15, 0.2) is 11.0 Å². The van der Waals surface area contributed by atoms with Crippen molar-refractivity contribution >= 4 is 23.5 Å². The molecule has 2 aromatic heterocycles. The van der Waals surface area contributed by atoms with E-state index in [2.05, 4.69) is 20.1 Å². The van der Waals surface area contributed by atoms with Crippen LogP contribution < -0.4 is 5.73 Å². The minimum atomic E-state index is -4.44. The van der Waals surface area contributed by atoms with Crippen LogP contribution in [0.4, 0.5) is 19.1 Å². The first kappa shape index (κ1) is 15.5. The molecule has 0 saturated heterocycles. The van der Waals surface area contributed by atoms with E-state index in [4.69, 9.17) is 5.73 Å². The number of hydrogen-bond donors (Lipinski definition) is 1. The molecule has 6 nitrogen and oxygen atoms in total. The molecule has 0 atom stereocenters.